The van der Waals surface area contributed by atoms with Gasteiger partial charge in [0, 0.05) is 20.5 Å². The fourth-order valence-electron chi connectivity index (χ4n) is 4.06. The molecule has 0 aliphatic carbocycles. The van der Waals surface area contributed by atoms with Gasteiger partial charge in [0.05, 0.1) is 5.70 Å². The highest BCUT2D eigenvalue weighted by Gasteiger charge is 2.41. The Hall–Kier alpha value is -2.90. The molecule has 6 rings (SSSR count). The Morgan fingerprint density at radius 3 is 2.72 bits per heavy atom. The number of benzene rings is 2. The summed E-state index contributed by atoms with van der Waals surface area (Å²) < 4.78 is 9.54. The molecule has 0 radical (unpaired) electrons. The predicted octanol–water partition coefficient (Wildman–Crippen LogP) is 5.66. The van der Waals surface area contributed by atoms with Crippen molar-refractivity contribution in [3.05, 3.63) is 98.4 Å². The Kier molecular flexibility index (Phi) is 3.85. The summed E-state index contributed by atoms with van der Waals surface area (Å²) in [6, 6.07) is 20.6. The number of para-hydroxylation sites is 1. The number of hydrogen-bond acceptors (Lipinski definition) is 5. The van der Waals surface area contributed by atoms with Gasteiger partial charge in [-0.2, -0.15) is 10.1 Å². The van der Waals surface area contributed by atoms with Crippen molar-refractivity contribution in [2.45, 2.75) is 12.1 Å². The van der Waals surface area contributed by atoms with Crippen LogP contribution in [0.1, 0.15) is 28.1 Å². The van der Waals surface area contributed by atoms with Crippen molar-refractivity contribution in [1.82, 2.24) is 14.8 Å². The van der Waals surface area contributed by atoms with Crippen molar-refractivity contribution in [2.75, 3.05) is 5.32 Å². The molecule has 2 aliphatic heterocycles. The first kappa shape index (κ1) is 17.0. The molecular formula is C22H15BrN4OS. The molecule has 29 heavy (non-hydrogen) atoms. The molecule has 1 N–H and O–H groups in total. The molecule has 7 heteroatoms. The van der Waals surface area contributed by atoms with Crippen LogP contribution in [-0.2, 0) is 0 Å². The van der Waals surface area contributed by atoms with E-state index >= 15 is 0 Å². The number of rotatable bonds is 2. The largest absolute Gasteiger partial charge is 0.480 e. The number of anilines is 1. The smallest absolute Gasteiger partial charge is 0.226 e. The van der Waals surface area contributed by atoms with Crippen LogP contribution in [-0.4, -0.2) is 14.8 Å². The Labute approximate surface area is 179 Å². The predicted molar refractivity (Wildman–Crippen MR) is 117 cm³/mol. The average Bonchev–Trinajstić information content (AvgIpc) is 3.44. The van der Waals surface area contributed by atoms with E-state index in [0.717, 1.165) is 38.6 Å². The van der Waals surface area contributed by atoms with E-state index in [1.165, 1.54) is 4.88 Å². The van der Waals surface area contributed by atoms with Crippen LogP contribution in [0.15, 0.2) is 82.4 Å². The van der Waals surface area contributed by atoms with Crippen LogP contribution in [0.25, 0.3) is 5.70 Å². The number of aromatic nitrogens is 3. The first-order valence-corrected chi connectivity index (χ1v) is 10.9. The summed E-state index contributed by atoms with van der Waals surface area (Å²) in [5.41, 5.74) is 4.38. The van der Waals surface area contributed by atoms with E-state index < -0.39 is 0 Å². The van der Waals surface area contributed by atoms with Crippen LogP contribution in [0.3, 0.4) is 0 Å². The van der Waals surface area contributed by atoms with E-state index in [1.54, 1.807) is 17.7 Å². The van der Waals surface area contributed by atoms with E-state index in [1.807, 2.05) is 22.9 Å². The molecule has 0 saturated heterocycles. The Morgan fingerprint density at radius 2 is 1.90 bits per heavy atom. The van der Waals surface area contributed by atoms with Crippen LogP contribution < -0.4 is 10.1 Å². The highest BCUT2D eigenvalue weighted by Crippen LogP contribution is 2.51. The minimum atomic E-state index is -0.196. The maximum atomic E-state index is 6.55. The van der Waals surface area contributed by atoms with Crippen LogP contribution in [0.2, 0.25) is 0 Å². The van der Waals surface area contributed by atoms with E-state index in [4.69, 9.17) is 4.74 Å². The summed E-state index contributed by atoms with van der Waals surface area (Å²) >= 11 is 5.25. The molecule has 2 aromatic heterocycles. The molecule has 0 fully saturated rings. The monoisotopic (exact) mass is 462 g/mol. The van der Waals surface area contributed by atoms with Crippen molar-refractivity contribution in [3.63, 3.8) is 0 Å². The first-order chi connectivity index (χ1) is 14.3. The first-order valence-electron chi connectivity index (χ1n) is 9.25. The second-order valence-corrected chi connectivity index (χ2v) is 8.84. The molecule has 2 aromatic carbocycles. The Bertz CT molecular complexity index is 1230. The number of nitrogens with zero attached hydrogens (tertiary/aromatic N) is 3. The van der Waals surface area contributed by atoms with Crippen molar-refractivity contribution in [3.8, 4) is 5.75 Å². The highest BCUT2D eigenvalue weighted by molar-refractivity contribution is 9.10. The summed E-state index contributed by atoms with van der Waals surface area (Å²) in [7, 11) is 0. The molecular weight excluding hydrogens is 448 g/mol. The number of nitrogens with one attached hydrogen (secondary N) is 1. The van der Waals surface area contributed by atoms with Gasteiger partial charge in [-0.05, 0) is 41.3 Å². The minimum Gasteiger partial charge on any atom is -0.480 e. The molecule has 0 spiro atoms. The second-order valence-electron chi connectivity index (χ2n) is 6.95. The standard InChI is InChI=1S/C22H15BrN4OS/c23-14-9-7-13(8-10-14)20-18-19(26-22-24-12-25-27(20)22)15-4-1-2-5-16(15)28-21(18)17-6-3-11-29-17/h1-12,20-21H,(H,24,25,26). The van der Waals surface area contributed by atoms with Gasteiger partial charge in [-0.1, -0.05) is 46.3 Å². The van der Waals surface area contributed by atoms with Gasteiger partial charge >= 0.3 is 0 Å². The van der Waals surface area contributed by atoms with Gasteiger partial charge in [-0.25, -0.2) is 4.68 Å². The normalized spacial score (nSPS) is 19.6. The van der Waals surface area contributed by atoms with Crippen LogP contribution >= 0.6 is 27.3 Å². The molecule has 142 valence electrons. The van der Waals surface area contributed by atoms with Crippen molar-refractivity contribution >= 4 is 38.9 Å². The molecule has 2 unspecified atom stereocenters. The molecule has 0 bridgehead atoms. The lowest BCUT2D eigenvalue weighted by Gasteiger charge is -2.38. The van der Waals surface area contributed by atoms with Gasteiger partial charge in [0.2, 0.25) is 5.95 Å². The van der Waals surface area contributed by atoms with E-state index in [9.17, 15) is 0 Å². The summed E-state index contributed by atoms with van der Waals surface area (Å²) in [5.74, 6) is 1.61. The third kappa shape index (κ3) is 2.65. The van der Waals surface area contributed by atoms with Crippen LogP contribution in [0, 0.1) is 0 Å². The fraction of sp³-hybridized carbons (Fsp3) is 0.0909. The van der Waals surface area contributed by atoms with Gasteiger partial charge in [-0.15, -0.1) is 11.3 Å². The molecule has 0 amide bonds. The molecule has 4 heterocycles. The summed E-state index contributed by atoms with van der Waals surface area (Å²) in [5, 5.41) is 10.2. The van der Waals surface area contributed by atoms with Gasteiger partial charge in [0.15, 0.2) is 6.10 Å². The lowest BCUT2D eigenvalue weighted by Crippen LogP contribution is -2.32. The van der Waals surface area contributed by atoms with E-state index in [0.29, 0.717) is 0 Å². The SMILES string of the molecule is Brc1ccc(C2C3=C(Nc4ncnn42)c2ccccc2OC3c2cccs2)cc1. The molecule has 4 aromatic rings. The Balaban J connectivity index is 1.64. The third-order valence-corrected chi connectivity index (χ3v) is 6.75. The summed E-state index contributed by atoms with van der Waals surface area (Å²) in [6.07, 6.45) is 1.40. The third-order valence-electron chi connectivity index (χ3n) is 5.31. The topological polar surface area (TPSA) is 52.0 Å². The highest BCUT2D eigenvalue weighted by atomic mass is 79.9. The lowest BCUT2D eigenvalue weighted by molar-refractivity contribution is 0.226. The zero-order valence-corrected chi connectivity index (χ0v) is 17.5. The number of hydrogen-bond donors (Lipinski definition) is 1. The number of ether oxygens (including phenoxy) is 1. The Morgan fingerprint density at radius 1 is 1.03 bits per heavy atom. The summed E-state index contributed by atoms with van der Waals surface area (Å²) in [6.45, 7) is 0. The van der Waals surface area contributed by atoms with E-state index in [2.05, 4.69) is 79.2 Å². The summed E-state index contributed by atoms with van der Waals surface area (Å²) in [4.78, 5) is 5.63. The van der Waals surface area contributed by atoms with Crippen LogP contribution in [0.5, 0.6) is 5.75 Å². The van der Waals surface area contributed by atoms with Gasteiger partial charge in [-0.3, -0.25) is 0 Å². The maximum absolute atomic E-state index is 6.55. The number of thiophene rings is 1. The number of fused-ring (bicyclic) bond motifs is 3. The van der Waals surface area contributed by atoms with Crippen molar-refractivity contribution < 1.29 is 4.74 Å². The second kappa shape index (κ2) is 6.57. The van der Waals surface area contributed by atoms with Crippen LogP contribution in [0.4, 0.5) is 5.95 Å². The number of halogens is 1. The van der Waals surface area contributed by atoms with E-state index in [-0.39, 0.29) is 12.1 Å². The van der Waals surface area contributed by atoms with Gasteiger partial charge < -0.3 is 10.1 Å². The minimum absolute atomic E-state index is 0.114. The fourth-order valence-corrected chi connectivity index (χ4v) is 5.10. The maximum Gasteiger partial charge on any atom is 0.226 e. The average molecular weight is 463 g/mol. The van der Waals surface area contributed by atoms with Crippen molar-refractivity contribution in [1.29, 1.82) is 0 Å². The quantitative estimate of drug-likeness (QED) is 0.417. The van der Waals surface area contributed by atoms with Crippen molar-refractivity contribution in [2.24, 2.45) is 0 Å². The zero-order chi connectivity index (χ0) is 19.4. The molecule has 0 saturated carbocycles. The van der Waals surface area contributed by atoms with Gasteiger partial charge in [0.25, 0.3) is 0 Å². The zero-order valence-electron chi connectivity index (χ0n) is 15.1. The lowest BCUT2D eigenvalue weighted by atomic mass is 9.87. The molecule has 5 nitrogen and oxygen atoms in total. The molecule has 2 atom stereocenters. The molecule has 2 aliphatic rings. The van der Waals surface area contributed by atoms with Gasteiger partial charge in [0.1, 0.15) is 18.1 Å².